The number of hydrogen-bond donors (Lipinski definition) is 2. The van der Waals surface area contributed by atoms with E-state index < -0.39 is 5.60 Å². The molecule has 0 heterocycles. The molecule has 1 atom stereocenters. The number of benzene rings is 1. The van der Waals surface area contributed by atoms with Crippen molar-refractivity contribution in [1.29, 1.82) is 0 Å². The summed E-state index contributed by atoms with van der Waals surface area (Å²) < 4.78 is 4.92. The van der Waals surface area contributed by atoms with Crippen molar-refractivity contribution in [2.24, 2.45) is 0 Å². The van der Waals surface area contributed by atoms with Crippen LogP contribution in [-0.4, -0.2) is 43.1 Å². The van der Waals surface area contributed by atoms with E-state index in [1.807, 2.05) is 18.4 Å². The fraction of sp³-hybridized carbons (Fsp3) is 0.500. The molecule has 19 heavy (non-hydrogen) atoms. The first kappa shape index (κ1) is 16.0. The first-order chi connectivity index (χ1) is 8.98. The Hall–Kier alpha value is -1.04. The molecule has 0 fully saturated rings. The van der Waals surface area contributed by atoms with Crippen LogP contribution in [0.5, 0.6) is 0 Å². The standard InChI is InChI=1S/C14H21NO3S/c1-14(17,8-9-18-2)10-15-13(16)11-4-6-12(19-3)7-5-11/h4-7,17H,8-10H2,1-3H3,(H,15,16). The van der Waals surface area contributed by atoms with E-state index in [2.05, 4.69) is 5.32 Å². The van der Waals surface area contributed by atoms with Crippen molar-refractivity contribution in [1.82, 2.24) is 5.32 Å². The third-order valence-corrected chi connectivity index (χ3v) is 3.57. The minimum atomic E-state index is -0.953. The molecule has 106 valence electrons. The number of ether oxygens (including phenoxy) is 1. The first-order valence-electron chi connectivity index (χ1n) is 6.12. The van der Waals surface area contributed by atoms with E-state index in [0.717, 1.165) is 4.90 Å². The normalized spacial score (nSPS) is 13.9. The smallest absolute Gasteiger partial charge is 0.251 e. The maximum Gasteiger partial charge on any atom is 0.251 e. The van der Waals surface area contributed by atoms with Gasteiger partial charge in [0.05, 0.1) is 5.60 Å². The highest BCUT2D eigenvalue weighted by atomic mass is 32.2. The molecule has 0 bridgehead atoms. The highest BCUT2D eigenvalue weighted by Crippen LogP contribution is 2.15. The number of nitrogens with one attached hydrogen (secondary N) is 1. The molecule has 1 amide bonds. The summed E-state index contributed by atoms with van der Waals surface area (Å²) in [5.41, 5.74) is -0.356. The van der Waals surface area contributed by atoms with E-state index >= 15 is 0 Å². The van der Waals surface area contributed by atoms with Crippen molar-refractivity contribution in [3.05, 3.63) is 29.8 Å². The minimum absolute atomic E-state index is 0.176. The fourth-order valence-corrected chi connectivity index (χ4v) is 1.93. The van der Waals surface area contributed by atoms with E-state index in [1.165, 1.54) is 0 Å². The molecule has 1 unspecified atom stereocenters. The van der Waals surface area contributed by atoms with Crippen LogP contribution in [0.2, 0.25) is 0 Å². The Kier molecular flexibility index (Phi) is 6.34. The van der Waals surface area contributed by atoms with Gasteiger partial charge in [-0.3, -0.25) is 4.79 Å². The summed E-state index contributed by atoms with van der Waals surface area (Å²) in [7, 11) is 1.59. The summed E-state index contributed by atoms with van der Waals surface area (Å²) >= 11 is 1.63. The first-order valence-corrected chi connectivity index (χ1v) is 7.34. The third kappa shape index (κ3) is 5.63. The van der Waals surface area contributed by atoms with Gasteiger partial charge in [-0.2, -0.15) is 0 Å². The van der Waals surface area contributed by atoms with E-state index in [1.54, 1.807) is 37.9 Å². The summed E-state index contributed by atoms with van der Waals surface area (Å²) in [4.78, 5) is 13.0. The molecule has 0 aliphatic heterocycles. The van der Waals surface area contributed by atoms with Crippen molar-refractivity contribution in [3.63, 3.8) is 0 Å². The molecule has 4 nitrogen and oxygen atoms in total. The number of thioether (sulfide) groups is 1. The molecule has 0 aliphatic rings. The number of aliphatic hydroxyl groups is 1. The third-order valence-electron chi connectivity index (χ3n) is 2.83. The van der Waals surface area contributed by atoms with Gasteiger partial charge in [-0.1, -0.05) is 0 Å². The molecule has 5 heteroatoms. The largest absolute Gasteiger partial charge is 0.388 e. The summed E-state index contributed by atoms with van der Waals surface area (Å²) in [5, 5.41) is 12.8. The lowest BCUT2D eigenvalue weighted by Gasteiger charge is -2.23. The second-order valence-corrected chi connectivity index (χ2v) is 5.53. The van der Waals surface area contributed by atoms with Gasteiger partial charge in [-0.25, -0.2) is 0 Å². The van der Waals surface area contributed by atoms with Gasteiger partial charge in [-0.15, -0.1) is 11.8 Å². The van der Waals surface area contributed by atoms with Crippen LogP contribution in [0.15, 0.2) is 29.2 Å². The summed E-state index contributed by atoms with van der Waals surface area (Å²) in [6.07, 6.45) is 2.47. The molecule has 0 saturated carbocycles. The Labute approximate surface area is 118 Å². The highest BCUT2D eigenvalue weighted by Gasteiger charge is 2.21. The average molecular weight is 283 g/mol. The van der Waals surface area contributed by atoms with Crippen molar-refractivity contribution >= 4 is 17.7 Å². The molecule has 0 radical (unpaired) electrons. The zero-order valence-corrected chi connectivity index (χ0v) is 12.4. The van der Waals surface area contributed by atoms with Gasteiger partial charge in [0.2, 0.25) is 0 Å². The molecule has 1 aromatic carbocycles. The molecule has 0 aromatic heterocycles. The number of methoxy groups -OCH3 is 1. The molecular weight excluding hydrogens is 262 g/mol. The van der Waals surface area contributed by atoms with Crippen LogP contribution in [-0.2, 0) is 4.74 Å². The van der Waals surface area contributed by atoms with Crippen LogP contribution in [0, 0.1) is 0 Å². The van der Waals surface area contributed by atoms with Gasteiger partial charge in [0, 0.05) is 37.1 Å². The van der Waals surface area contributed by atoms with E-state index in [0.29, 0.717) is 18.6 Å². The number of rotatable bonds is 7. The van der Waals surface area contributed by atoms with Crippen molar-refractivity contribution in [2.45, 2.75) is 23.8 Å². The van der Waals surface area contributed by atoms with Gasteiger partial charge in [0.15, 0.2) is 0 Å². The summed E-state index contributed by atoms with van der Waals surface area (Å²) in [6, 6.07) is 7.38. The highest BCUT2D eigenvalue weighted by molar-refractivity contribution is 7.98. The number of amides is 1. The molecule has 1 aromatic rings. The van der Waals surface area contributed by atoms with Gasteiger partial charge >= 0.3 is 0 Å². The van der Waals surface area contributed by atoms with E-state index in [-0.39, 0.29) is 12.5 Å². The Balaban J connectivity index is 2.50. The van der Waals surface area contributed by atoms with Gasteiger partial charge in [0.25, 0.3) is 5.91 Å². The molecular formula is C14H21NO3S. The van der Waals surface area contributed by atoms with Crippen molar-refractivity contribution < 1.29 is 14.6 Å². The maximum absolute atomic E-state index is 11.9. The van der Waals surface area contributed by atoms with Crippen LogP contribution in [0.3, 0.4) is 0 Å². The number of carbonyl (C=O) groups is 1. The van der Waals surface area contributed by atoms with Crippen LogP contribution < -0.4 is 5.32 Å². The van der Waals surface area contributed by atoms with Crippen molar-refractivity contribution in [3.8, 4) is 0 Å². The second kappa shape index (κ2) is 7.53. The zero-order valence-electron chi connectivity index (χ0n) is 11.6. The fourth-order valence-electron chi connectivity index (χ4n) is 1.53. The Morgan fingerprint density at radius 3 is 2.58 bits per heavy atom. The predicted molar refractivity (Wildman–Crippen MR) is 77.7 cm³/mol. The monoisotopic (exact) mass is 283 g/mol. The van der Waals surface area contributed by atoms with Crippen LogP contribution >= 0.6 is 11.8 Å². The average Bonchev–Trinajstić information content (AvgIpc) is 2.43. The minimum Gasteiger partial charge on any atom is -0.388 e. The summed E-state index contributed by atoms with van der Waals surface area (Å²) in [5.74, 6) is -0.176. The number of carbonyl (C=O) groups excluding carboxylic acids is 1. The molecule has 0 spiro atoms. The van der Waals surface area contributed by atoms with E-state index in [4.69, 9.17) is 4.74 Å². The van der Waals surface area contributed by atoms with Gasteiger partial charge in [0.1, 0.15) is 0 Å². The predicted octanol–water partition coefficient (Wildman–Crippen LogP) is 1.93. The lowest BCUT2D eigenvalue weighted by atomic mass is 10.0. The molecule has 0 aliphatic carbocycles. The Morgan fingerprint density at radius 1 is 1.42 bits per heavy atom. The van der Waals surface area contributed by atoms with E-state index in [9.17, 15) is 9.90 Å². The quantitative estimate of drug-likeness (QED) is 0.751. The van der Waals surface area contributed by atoms with Crippen LogP contribution in [0.1, 0.15) is 23.7 Å². The van der Waals surface area contributed by atoms with Crippen molar-refractivity contribution in [2.75, 3.05) is 26.5 Å². The van der Waals surface area contributed by atoms with Crippen LogP contribution in [0.25, 0.3) is 0 Å². The second-order valence-electron chi connectivity index (χ2n) is 4.65. The molecule has 1 rings (SSSR count). The Bertz CT molecular complexity index is 404. The topological polar surface area (TPSA) is 58.6 Å². The maximum atomic E-state index is 11.9. The molecule has 2 N–H and O–H groups in total. The van der Waals surface area contributed by atoms with Gasteiger partial charge < -0.3 is 15.2 Å². The number of hydrogen-bond acceptors (Lipinski definition) is 4. The lowest BCUT2D eigenvalue weighted by Crippen LogP contribution is -2.41. The van der Waals surface area contributed by atoms with Gasteiger partial charge in [-0.05, 0) is 37.4 Å². The lowest BCUT2D eigenvalue weighted by molar-refractivity contribution is 0.0243. The zero-order chi connectivity index (χ0) is 14.3. The summed E-state index contributed by atoms with van der Waals surface area (Å²) in [6.45, 7) is 2.36. The van der Waals surface area contributed by atoms with Crippen LogP contribution in [0.4, 0.5) is 0 Å². The molecule has 0 saturated heterocycles. The Morgan fingerprint density at radius 2 is 2.05 bits per heavy atom. The SMILES string of the molecule is COCCC(C)(O)CNC(=O)c1ccc(SC)cc1.